The van der Waals surface area contributed by atoms with Crippen molar-refractivity contribution < 1.29 is 14.3 Å². The number of nitrogens with zero attached hydrogens (tertiary/aromatic N) is 3. The summed E-state index contributed by atoms with van der Waals surface area (Å²) in [6.07, 6.45) is 2.02. The molecule has 2 heterocycles. The summed E-state index contributed by atoms with van der Waals surface area (Å²) in [6.45, 7) is 1.47. The van der Waals surface area contributed by atoms with E-state index in [1.54, 1.807) is 0 Å². The summed E-state index contributed by atoms with van der Waals surface area (Å²) in [7, 11) is 2.01. The number of halogens is 1. The number of hydrogen-bond acceptors (Lipinski definition) is 4. The van der Waals surface area contributed by atoms with E-state index in [2.05, 4.69) is 45.2 Å². The number of fused-ring (bicyclic) bond motifs is 2. The minimum absolute atomic E-state index is 0.162. The molecule has 7 heteroatoms. The standard InChI is InChI=1S/C28H21FN4O2/c1-16(28(34)35)31-27-22-14-21(29)8-9-24(22)32-26(23(27)15-30)18-5-3-17(4-6-18)19-7-10-25-20(13-19)11-12-33(25)2/h3-14,16H,1-2H3,(H,31,32)(H,34,35). The fourth-order valence-corrected chi connectivity index (χ4v) is 4.26. The van der Waals surface area contributed by atoms with Crippen LogP contribution in [-0.4, -0.2) is 26.7 Å². The van der Waals surface area contributed by atoms with Gasteiger partial charge in [0.25, 0.3) is 0 Å². The lowest BCUT2D eigenvalue weighted by Gasteiger charge is -2.17. The van der Waals surface area contributed by atoms with Crippen LogP contribution in [-0.2, 0) is 11.8 Å². The number of rotatable bonds is 5. The molecule has 1 atom stereocenters. The van der Waals surface area contributed by atoms with Gasteiger partial charge < -0.3 is 15.0 Å². The average molecular weight is 465 g/mol. The minimum Gasteiger partial charge on any atom is -0.480 e. The molecular formula is C28H21FN4O2. The second kappa shape index (κ2) is 8.58. The van der Waals surface area contributed by atoms with Crippen LogP contribution in [0, 0.1) is 17.1 Å². The molecule has 35 heavy (non-hydrogen) atoms. The SMILES string of the molecule is CC(Nc1c(C#N)c(-c2ccc(-c3ccc4c(ccn4C)c3)cc2)nc2ccc(F)cc12)C(=O)O. The number of carbonyl (C=O) groups is 1. The van der Waals surface area contributed by atoms with Gasteiger partial charge in [-0.1, -0.05) is 30.3 Å². The average Bonchev–Trinajstić information content (AvgIpc) is 3.24. The molecule has 0 aliphatic rings. The van der Waals surface area contributed by atoms with Gasteiger partial charge in [0.05, 0.1) is 16.9 Å². The summed E-state index contributed by atoms with van der Waals surface area (Å²) in [4.78, 5) is 16.1. The van der Waals surface area contributed by atoms with Gasteiger partial charge in [0.1, 0.15) is 23.5 Å². The maximum atomic E-state index is 14.0. The predicted molar refractivity (Wildman–Crippen MR) is 134 cm³/mol. The molecule has 0 amide bonds. The Morgan fingerprint density at radius 3 is 2.49 bits per heavy atom. The Hall–Kier alpha value is -4.70. The first-order chi connectivity index (χ1) is 16.9. The Labute approximate surface area is 200 Å². The lowest BCUT2D eigenvalue weighted by atomic mass is 9.98. The number of aliphatic carboxylic acids is 1. The van der Waals surface area contributed by atoms with Crippen molar-refractivity contribution in [3.8, 4) is 28.5 Å². The summed E-state index contributed by atoms with van der Waals surface area (Å²) in [5.41, 5.74) is 5.19. The second-order valence-corrected chi connectivity index (χ2v) is 8.47. The van der Waals surface area contributed by atoms with Gasteiger partial charge in [-0.15, -0.1) is 0 Å². The molecule has 0 fully saturated rings. The van der Waals surface area contributed by atoms with Gasteiger partial charge in [-0.3, -0.25) is 4.79 Å². The Morgan fingerprint density at radius 1 is 1.06 bits per heavy atom. The van der Waals surface area contributed by atoms with Crippen molar-refractivity contribution in [2.75, 3.05) is 5.32 Å². The van der Waals surface area contributed by atoms with E-state index in [1.165, 1.54) is 25.1 Å². The summed E-state index contributed by atoms with van der Waals surface area (Å²) in [6, 6.07) is 21.3. The number of aromatic nitrogens is 2. The van der Waals surface area contributed by atoms with Crippen molar-refractivity contribution in [1.29, 1.82) is 5.26 Å². The molecule has 6 nitrogen and oxygen atoms in total. The molecule has 1 unspecified atom stereocenters. The molecule has 0 saturated heterocycles. The van der Waals surface area contributed by atoms with Gasteiger partial charge in [0.15, 0.2) is 0 Å². The maximum Gasteiger partial charge on any atom is 0.325 e. The third-order valence-corrected chi connectivity index (χ3v) is 6.17. The molecule has 5 rings (SSSR count). The number of carboxylic acid groups (broad SMARTS) is 1. The molecular weight excluding hydrogens is 443 g/mol. The highest BCUT2D eigenvalue weighted by Gasteiger charge is 2.21. The number of nitrogens with one attached hydrogen (secondary N) is 1. The van der Waals surface area contributed by atoms with Crippen LogP contribution in [0.25, 0.3) is 44.2 Å². The zero-order chi connectivity index (χ0) is 24.7. The van der Waals surface area contributed by atoms with Gasteiger partial charge in [-0.2, -0.15) is 5.26 Å². The fourth-order valence-electron chi connectivity index (χ4n) is 4.26. The summed E-state index contributed by atoms with van der Waals surface area (Å²) in [5.74, 6) is -1.58. The lowest BCUT2D eigenvalue weighted by Crippen LogP contribution is -2.26. The molecule has 0 radical (unpaired) electrons. The molecule has 3 aromatic carbocycles. The van der Waals surface area contributed by atoms with Crippen molar-refractivity contribution >= 4 is 33.5 Å². The molecule has 0 aliphatic carbocycles. The molecule has 0 spiro atoms. The number of hydrogen-bond donors (Lipinski definition) is 2. The van der Waals surface area contributed by atoms with Gasteiger partial charge in [-0.05, 0) is 54.4 Å². The number of aryl methyl sites for hydroxylation is 1. The van der Waals surface area contributed by atoms with Crippen LogP contribution in [0.5, 0.6) is 0 Å². The minimum atomic E-state index is -1.09. The van der Waals surface area contributed by atoms with E-state index in [1.807, 2.05) is 37.5 Å². The van der Waals surface area contributed by atoms with E-state index in [9.17, 15) is 19.6 Å². The van der Waals surface area contributed by atoms with Gasteiger partial charge in [0.2, 0.25) is 0 Å². The zero-order valence-corrected chi connectivity index (χ0v) is 19.1. The number of pyridine rings is 1. The van der Waals surface area contributed by atoms with Crippen LogP contribution in [0.3, 0.4) is 0 Å². The zero-order valence-electron chi connectivity index (χ0n) is 19.1. The molecule has 5 aromatic rings. The first kappa shape index (κ1) is 22.1. The lowest BCUT2D eigenvalue weighted by molar-refractivity contribution is -0.137. The summed E-state index contributed by atoms with van der Waals surface area (Å²) in [5, 5.41) is 23.8. The highest BCUT2D eigenvalue weighted by molar-refractivity contribution is 5.99. The monoisotopic (exact) mass is 464 g/mol. The number of benzene rings is 3. The van der Waals surface area contributed by atoms with E-state index < -0.39 is 17.8 Å². The molecule has 0 bridgehead atoms. The van der Waals surface area contributed by atoms with Crippen molar-refractivity contribution in [2.24, 2.45) is 7.05 Å². The van der Waals surface area contributed by atoms with E-state index >= 15 is 0 Å². The van der Waals surface area contributed by atoms with E-state index in [0.29, 0.717) is 22.2 Å². The van der Waals surface area contributed by atoms with Crippen molar-refractivity contribution in [3.63, 3.8) is 0 Å². The molecule has 0 aliphatic heterocycles. The first-order valence-electron chi connectivity index (χ1n) is 11.0. The van der Waals surface area contributed by atoms with Crippen LogP contribution in [0.15, 0.2) is 72.9 Å². The number of anilines is 1. The van der Waals surface area contributed by atoms with Crippen LogP contribution in [0.2, 0.25) is 0 Å². The summed E-state index contributed by atoms with van der Waals surface area (Å²) < 4.78 is 16.1. The molecule has 0 saturated carbocycles. The topological polar surface area (TPSA) is 90.9 Å². The Kier molecular flexibility index (Phi) is 5.42. The molecule has 2 aromatic heterocycles. The largest absolute Gasteiger partial charge is 0.480 e. The van der Waals surface area contributed by atoms with Crippen LogP contribution >= 0.6 is 0 Å². The quantitative estimate of drug-likeness (QED) is 0.335. The van der Waals surface area contributed by atoms with Crippen LogP contribution in [0.4, 0.5) is 10.1 Å². The highest BCUT2D eigenvalue weighted by Crippen LogP contribution is 2.35. The fraction of sp³-hybridized carbons (Fsp3) is 0.107. The van der Waals surface area contributed by atoms with Crippen LogP contribution in [0.1, 0.15) is 12.5 Å². The third-order valence-electron chi connectivity index (χ3n) is 6.17. The predicted octanol–water partition coefficient (Wildman–Crippen LogP) is 5.96. The van der Waals surface area contributed by atoms with Crippen molar-refractivity contribution in [3.05, 3.63) is 84.3 Å². The highest BCUT2D eigenvalue weighted by atomic mass is 19.1. The van der Waals surface area contributed by atoms with Crippen molar-refractivity contribution in [1.82, 2.24) is 9.55 Å². The van der Waals surface area contributed by atoms with E-state index in [0.717, 1.165) is 22.0 Å². The first-order valence-corrected chi connectivity index (χ1v) is 11.0. The number of carboxylic acids is 1. The van der Waals surface area contributed by atoms with Gasteiger partial charge in [-0.25, -0.2) is 9.37 Å². The maximum absolute atomic E-state index is 14.0. The third kappa shape index (κ3) is 3.96. The van der Waals surface area contributed by atoms with Crippen molar-refractivity contribution in [2.45, 2.75) is 13.0 Å². The Balaban J connectivity index is 1.62. The number of nitriles is 1. The Morgan fingerprint density at radius 2 is 1.77 bits per heavy atom. The normalized spacial score (nSPS) is 11.9. The van der Waals surface area contributed by atoms with Gasteiger partial charge in [0, 0.05) is 35.1 Å². The summed E-state index contributed by atoms with van der Waals surface area (Å²) >= 11 is 0. The Bertz CT molecular complexity index is 1650. The van der Waals surface area contributed by atoms with Crippen LogP contribution < -0.4 is 5.32 Å². The molecule has 172 valence electrons. The second-order valence-electron chi connectivity index (χ2n) is 8.47. The molecule has 2 N–H and O–H groups in total. The van der Waals surface area contributed by atoms with E-state index in [-0.39, 0.29) is 11.3 Å². The van der Waals surface area contributed by atoms with Gasteiger partial charge >= 0.3 is 5.97 Å². The smallest absolute Gasteiger partial charge is 0.325 e. The van der Waals surface area contributed by atoms with E-state index in [4.69, 9.17) is 0 Å².